The minimum Gasteiger partial charge on any atom is -0.504 e. The lowest BCUT2D eigenvalue weighted by Gasteiger charge is -2.57. The molecule has 0 radical (unpaired) electrons. The lowest BCUT2D eigenvalue weighted by Crippen LogP contribution is -2.67. The molecule has 2 N–H and O–H groups in total. The number of carbonyl (C=O) groups is 2. The average Bonchev–Trinajstić information content (AvgIpc) is 3.13. The molecule has 2 unspecified atom stereocenters. The zero-order valence-corrected chi connectivity index (χ0v) is 34.7. The second-order valence-electron chi connectivity index (χ2n) is 16.3. The van der Waals surface area contributed by atoms with Gasteiger partial charge in [-0.25, -0.2) is 4.79 Å². The highest BCUT2D eigenvalue weighted by molar-refractivity contribution is 6.80. The fraction of sp³-hybridized carbons (Fsp3) is 0.364. The standard InChI is InChI=1S/C44H56N2O5Si2/c1-31(30-49-8)41(47)46-42(48)45-37-29-36(39(43(2,3)4)50-52(32-21-13-9-14-22-32)33-23-15-10-16-24-33)38(37)40(44(5,6)7)51-53(34-25-17-11-18-26-34)35-27-19-12-20-28-35/h9-28,30,36-40,52-53H,29H2,1-8H3,(H2,45,46,47,48)/t36-,37+,38+,39?,40?/m0/s1. The van der Waals surface area contributed by atoms with Crippen LogP contribution in [0.1, 0.15) is 54.9 Å². The van der Waals surface area contributed by atoms with Crippen LogP contribution < -0.4 is 31.4 Å². The number of ether oxygens (including phenoxy) is 1. The molecular weight excluding hydrogens is 693 g/mol. The van der Waals surface area contributed by atoms with Gasteiger partial charge in [0.15, 0.2) is 0 Å². The molecule has 0 heterocycles. The first-order chi connectivity index (χ1) is 25.3. The van der Waals surface area contributed by atoms with E-state index in [0.29, 0.717) is 12.0 Å². The molecule has 280 valence electrons. The number of hydrogen-bond donors (Lipinski definition) is 2. The maximum atomic E-state index is 13.5. The van der Waals surface area contributed by atoms with Crippen LogP contribution in [0.4, 0.5) is 4.79 Å². The highest BCUT2D eigenvalue weighted by atomic mass is 28.3. The van der Waals surface area contributed by atoms with Gasteiger partial charge in [0, 0.05) is 17.5 Å². The molecule has 9 heteroatoms. The second kappa shape index (κ2) is 17.7. The minimum absolute atomic E-state index is 0.0546. The smallest absolute Gasteiger partial charge is 0.321 e. The first kappa shape index (κ1) is 39.9. The van der Waals surface area contributed by atoms with Crippen molar-refractivity contribution in [2.75, 3.05) is 7.11 Å². The van der Waals surface area contributed by atoms with Gasteiger partial charge in [-0.2, -0.15) is 0 Å². The average molecular weight is 749 g/mol. The molecule has 4 aromatic rings. The topological polar surface area (TPSA) is 85.9 Å². The van der Waals surface area contributed by atoms with Crippen LogP contribution in [0.15, 0.2) is 133 Å². The molecule has 1 saturated carbocycles. The van der Waals surface area contributed by atoms with Gasteiger partial charge in [0.2, 0.25) is 18.1 Å². The van der Waals surface area contributed by atoms with Crippen LogP contribution in [0, 0.1) is 22.7 Å². The number of rotatable bonds is 13. The maximum absolute atomic E-state index is 13.5. The van der Waals surface area contributed by atoms with Crippen molar-refractivity contribution in [1.82, 2.24) is 10.6 Å². The summed E-state index contributed by atoms with van der Waals surface area (Å²) in [6, 6.07) is 41.5. The van der Waals surface area contributed by atoms with E-state index in [9.17, 15) is 9.59 Å². The Balaban J connectivity index is 1.57. The van der Waals surface area contributed by atoms with Crippen LogP contribution >= 0.6 is 0 Å². The molecule has 1 aliphatic carbocycles. The van der Waals surface area contributed by atoms with Crippen molar-refractivity contribution in [2.45, 2.75) is 73.1 Å². The van der Waals surface area contributed by atoms with Crippen LogP contribution in [0.3, 0.4) is 0 Å². The van der Waals surface area contributed by atoms with Gasteiger partial charge in [-0.05, 0) is 50.8 Å². The fourth-order valence-corrected chi connectivity index (χ4v) is 13.1. The predicted molar refractivity (Wildman–Crippen MR) is 220 cm³/mol. The normalized spacial score (nSPS) is 18.9. The number of methoxy groups -OCH3 is 1. The maximum Gasteiger partial charge on any atom is 0.321 e. The molecule has 0 aromatic heterocycles. The van der Waals surface area contributed by atoms with E-state index in [1.165, 1.54) is 34.1 Å². The Morgan fingerprint density at radius 3 is 1.40 bits per heavy atom. The number of benzene rings is 4. The van der Waals surface area contributed by atoms with Gasteiger partial charge in [0.05, 0.1) is 25.6 Å². The molecule has 5 rings (SSSR count). The van der Waals surface area contributed by atoms with E-state index in [0.717, 1.165) is 0 Å². The van der Waals surface area contributed by atoms with Gasteiger partial charge < -0.3 is 18.9 Å². The first-order valence-corrected chi connectivity index (χ1v) is 21.8. The summed E-state index contributed by atoms with van der Waals surface area (Å²) >= 11 is 0. The molecule has 3 amide bonds. The number of imide groups is 1. The Kier molecular flexibility index (Phi) is 13.3. The first-order valence-electron chi connectivity index (χ1n) is 18.6. The Morgan fingerprint density at radius 1 is 0.660 bits per heavy atom. The summed E-state index contributed by atoms with van der Waals surface area (Å²) in [6.45, 7) is 15.1. The molecule has 53 heavy (non-hydrogen) atoms. The lowest BCUT2D eigenvalue weighted by molar-refractivity contribution is -0.118. The third-order valence-corrected chi connectivity index (χ3v) is 15.2. The van der Waals surface area contributed by atoms with E-state index in [1.807, 2.05) is 24.3 Å². The van der Waals surface area contributed by atoms with E-state index >= 15 is 0 Å². The molecule has 5 atom stereocenters. The number of nitrogens with one attached hydrogen (secondary N) is 2. The van der Waals surface area contributed by atoms with Crippen LogP contribution in [-0.2, 0) is 18.4 Å². The van der Waals surface area contributed by atoms with Crippen LogP contribution in [0.25, 0.3) is 0 Å². The quantitative estimate of drug-likeness (QED) is 0.110. The molecule has 0 aliphatic heterocycles. The molecule has 0 bridgehead atoms. The summed E-state index contributed by atoms with van der Waals surface area (Å²) in [4.78, 5) is 26.3. The largest absolute Gasteiger partial charge is 0.504 e. The van der Waals surface area contributed by atoms with Crippen molar-refractivity contribution >= 4 is 50.8 Å². The molecule has 0 saturated heterocycles. The zero-order valence-electron chi connectivity index (χ0n) is 32.4. The zero-order chi connectivity index (χ0) is 38.2. The van der Waals surface area contributed by atoms with E-state index in [2.05, 4.69) is 149 Å². The van der Waals surface area contributed by atoms with Gasteiger partial charge >= 0.3 is 6.03 Å². The van der Waals surface area contributed by atoms with Gasteiger partial charge in [-0.1, -0.05) is 163 Å². The lowest BCUT2D eigenvalue weighted by atomic mass is 9.57. The van der Waals surface area contributed by atoms with Crippen molar-refractivity contribution in [3.63, 3.8) is 0 Å². The van der Waals surface area contributed by atoms with E-state index in [-0.39, 0.29) is 40.9 Å². The number of hydrogen-bond acceptors (Lipinski definition) is 5. The summed E-state index contributed by atoms with van der Waals surface area (Å²) in [7, 11) is -2.90. The summed E-state index contributed by atoms with van der Waals surface area (Å²) in [6.07, 6.45) is 1.61. The van der Waals surface area contributed by atoms with Crippen LogP contribution in [-0.4, -0.2) is 55.4 Å². The number of amides is 3. The highest BCUT2D eigenvalue weighted by Crippen LogP contribution is 2.50. The van der Waals surface area contributed by atoms with Gasteiger partial charge in [0.25, 0.3) is 5.91 Å². The van der Waals surface area contributed by atoms with Gasteiger partial charge in [-0.3, -0.25) is 10.1 Å². The summed E-state index contributed by atoms with van der Waals surface area (Å²) in [5.41, 5.74) is -0.235. The van der Waals surface area contributed by atoms with Crippen molar-refractivity contribution < 1.29 is 23.2 Å². The Hall–Kier alpha value is -4.29. The summed E-state index contributed by atoms with van der Waals surface area (Å²) < 4.78 is 20.1. The molecular formula is C44H56N2O5Si2. The summed E-state index contributed by atoms with van der Waals surface area (Å²) in [5, 5.41) is 10.6. The molecule has 1 fully saturated rings. The van der Waals surface area contributed by atoms with Crippen molar-refractivity contribution in [1.29, 1.82) is 0 Å². The van der Waals surface area contributed by atoms with Crippen LogP contribution in [0.2, 0.25) is 0 Å². The SMILES string of the molecule is COC=C(C)C(=O)NC(=O)N[C@@H]1C[C@H](C(O[SiH](c2ccccc2)c2ccccc2)C(C)(C)C)[C@H]1C(O[SiH](c1ccccc1)c1ccccc1)C(C)(C)C. The summed E-state index contributed by atoms with van der Waals surface area (Å²) in [5.74, 6) is -0.560. The van der Waals surface area contributed by atoms with Gasteiger partial charge in [0.1, 0.15) is 0 Å². The fourth-order valence-electron chi connectivity index (χ4n) is 7.59. The van der Waals surface area contributed by atoms with E-state index in [4.69, 9.17) is 13.6 Å². The Morgan fingerprint density at radius 2 is 1.04 bits per heavy atom. The third kappa shape index (κ3) is 10.2. The molecule has 1 aliphatic rings. The Labute approximate surface area is 319 Å². The van der Waals surface area contributed by atoms with Gasteiger partial charge in [-0.15, -0.1) is 0 Å². The second-order valence-corrected chi connectivity index (χ2v) is 21.0. The van der Waals surface area contributed by atoms with E-state index in [1.54, 1.807) is 6.92 Å². The predicted octanol–water partition coefficient (Wildman–Crippen LogP) is 5.31. The molecule has 0 spiro atoms. The third-order valence-electron chi connectivity index (χ3n) is 10.1. The van der Waals surface area contributed by atoms with Crippen molar-refractivity contribution in [2.24, 2.45) is 22.7 Å². The van der Waals surface area contributed by atoms with Crippen molar-refractivity contribution in [3.8, 4) is 0 Å². The Bertz CT molecular complexity index is 1710. The van der Waals surface area contributed by atoms with E-state index < -0.39 is 30.0 Å². The number of urea groups is 1. The minimum atomic E-state index is -2.22. The molecule has 4 aromatic carbocycles. The number of carbonyl (C=O) groups excluding carboxylic acids is 2. The monoisotopic (exact) mass is 748 g/mol. The highest BCUT2D eigenvalue weighted by Gasteiger charge is 2.56. The van der Waals surface area contributed by atoms with Crippen molar-refractivity contribution in [3.05, 3.63) is 133 Å². The van der Waals surface area contributed by atoms with Crippen LogP contribution in [0.5, 0.6) is 0 Å². The molecule has 7 nitrogen and oxygen atoms in total.